The molecule has 1 aliphatic heterocycles. The van der Waals surface area contributed by atoms with Crippen LogP contribution >= 0.6 is 0 Å². The number of urea groups is 1. The lowest BCUT2D eigenvalue weighted by Gasteiger charge is -2.33. The lowest BCUT2D eigenvalue weighted by molar-refractivity contribution is -0.137. The molecule has 1 fully saturated rings. The van der Waals surface area contributed by atoms with Crippen LogP contribution in [0, 0.1) is 11.3 Å². The molecule has 1 atom stereocenters. The van der Waals surface area contributed by atoms with E-state index in [-0.39, 0.29) is 17.9 Å². The number of likely N-dealkylation sites (tertiary alicyclic amines) is 1. The molecule has 0 saturated carbocycles. The highest BCUT2D eigenvalue weighted by Crippen LogP contribution is 2.21. The zero-order chi connectivity index (χ0) is 14.5. The number of nitrogens with one attached hydrogen (secondary N) is 1. The fourth-order valence-electron chi connectivity index (χ4n) is 2.27. The van der Waals surface area contributed by atoms with Gasteiger partial charge in [0.05, 0.1) is 0 Å². The SMILES string of the molecule is CC(C)(C)CNC(=O)N1CCCC(CCC(=O)O)C1. The average molecular weight is 270 g/mol. The van der Waals surface area contributed by atoms with Gasteiger partial charge >= 0.3 is 12.0 Å². The van der Waals surface area contributed by atoms with Crippen molar-refractivity contribution in [1.29, 1.82) is 0 Å². The Bertz CT molecular complexity index is 323. The van der Waals surface area contributed by atoms with Gasteiger partial charge in [-0.1, -0.05) is 20.8 Å². The van der Waals surface area contributed by atoms with Crippen LogP contribution in [0.2, 0.25) is 0 Å². The second-order valence-electron chi connectivity index (χ2n) is 6.61. The van der Waals surface area contributed by atoms with Crippen LogP contribution in [0.3, 0.4) is 0 Å². The molecule has 2 amide bonds. The third-order valence-electron chi connectivity index (χ3n) is 3.34. The third kappa shape index (κ3) is 6.45. The van der Waals surface area contributed by atoms with Gasteiger partial charge in [0, 0.05) is 26.1 Å². The predicted octanol–water partition coefficient (Wildman–Crippen LogP) is 2.32. The summed E-state index contributed by atoms with van der Waals surface area (Å²) in [5.41, 5.74) is 0.0775. The van der Waals surface area contributed by atoms with Gasteiger partial charge in [0.15, 0.2) is 0 Å². The van der Waals surface area contributed by atoms with Crippen molar-refractivity contribution in [2.45, 2.75) is 46.5 Å². The molecule has 0 aromatic heterocycles. The van der Waals surface area contributed by atoms with Crippen LogP contribution in [0.25, 0.3) is 0 Å². The standard InChI is InChI=1S/C14H26N2O3/c1-14(2,3)10-15-13(19)16-8-4-5-11(9-16)6-7-12(17)18/h11H,4-10H2,1-3H3,(H,15,19)(H,17,18). The maximum absolute atomic E-state index is 12.0. The van der Waals surface area contributed by atoms with Crippen LogP contribution < -0.4 is 5.32 Å². The summed E-state index contributed by atoms with van der Waals surface area (Å²) in [6.07, 6.45) is 2.85. The summed E-state index contributed by atoms with van der Waals surface area (Å²) in [6, 6.07) is -0.0186. The number of carbonyl (C=O) groups excluding carboxylic acids is 1. The Kier molecular flexibility index (Phi) is 5.63. The van der Waals surface area contributed by atoms with Gasteiger partial charge in [-0.25, -0.2) is 4.79 Å². The molecule has 0 bridgehead atoms. The first-order valence-corrected chi connectivity index (χ1v) is 7.02. The number of aliphatic carboxylic acids is 1. The molecule has 0 radical (unpaired) electrons. The number of carboxylic acids is 1. The maximum Gasteiger partial charge on any atom is 0.317 e. The van der Waals surface area contributed by atoms with E-state index in [4.69, 9.17) is 5.11 Å². The number of piperidine rings is 1. The Morgan fingerprint density at radius 2 is 2.05 bits per heavy atom. The summed E-state index contributed by atoms with van der Waals surface area (Å²) in [4.78, 5) is 24.4. The van der Waals surface area contributed by atoms with Gasteiger partial charge in [0.1, 0.15) is 0 Å². The number of carbonyl (C=O) groups is 2. The van der Waals surface area contributed by atoms with E-state index in [1.54, 1.807) is 0 Å². The molecule has 1 aliphatic rings. The molecule has 5 nitrogen and oxygen atoms in total. The van der Waals surface area contributed by atoms with Gasteiger partial charge in [-0.15, -0.1) is 0 Å². The normalized spacial score (nSPS) is 20.2. The minimum atomic E-state index is -0.755. The molecule has 2 N–H and O–H groups in total. The molecule has 0 aromatic rings. The number of rotatable bonds is 4. The van der Waals surface area contributed by atoms with Crippen molar-refractivity contribution in [3.8, 4) is 0 Å². The molecule has 1 heterocycles. The lowest BCUT2D eigenvalue weighted by Crippen LogP contribution is -2.47. The van der Waals surface area contributed by atoms with Gasteiger partial charge < -0.3 is 15.3 Å². The second-order valence-corrected chi connectivity index (χ2v) is 6.61. The predicted molar refractivity (Wildman–Crippen MR) is 74.0 cm³/mol. The van der Waals surface area contributed by atoms with Crippen LogP contribution in [-0.2, 0) is 4.79 Å². The monoisotopic (exact) mass is 270 g/mol. The van der Waals surface area contributed by atoms with E-state index in [9.17, 15) is 9.59 Å². The van der Waals surface area contributed by atoms with E-state index in [0.717, 1.165) is 19.4 Å². The van der Waals surface area contributed by atoms with Gasteiger partial charge in [-0.3, -0.25) is 4.79 Å². The van der Waals surface area contributed by atoms with Gasteiger partial charge in [0.25, 0.3) is 0 Å². The Hall–Kier alpha value is -1.26. The van der Waals surface area contributed by atoms with Crippen molar-refractivity contribution in [3.63, 3.8) is 0 Å². The fourth-order valence-corrected chi connectivity index (χ4v) is 2.27. The number of amides is 2. The molecule has 1 rings (SSSR count). The maximum atomic E-state index is 12.0. The molecule has 19 heavy (non-hydrogen) atoms. The zero-order valence-corrected chi connectivity index (χ0v) is 12.2. The summed E-state index contributed by atoms with van der Waals surface area (Å²) < 4.78 is 0. The number of hydrogen-bond donors (Lipinski definition) is 2. The van der Waals surface area contributed by atoms with Gasteiger partial charge in [-0.2, -0.15) is 0 Å². The molecule has 0 spiro atoms. The lowest BCUT2D eigenvalue weighted by atomic mass is 9.93. The van der Waals surface area contributed by atoms with Crippen molar-refractivity contribution in [2.75, 3.05) is 19.6 Å². The van der Waals surface area contributed by atoms with Crippen LogP contribution in [0.4, 0.5) is 4.79 Å². The average Bonchev–Trinajstić information content (AvgIpc) is 2.33. The van der Waals surface area contributed by atoms with E-state index in [1.807, 2.05) is 4.90 Å². The summed E-state index contributed by atoms with van der Waals surface area (Å²) in [5, 5.41) is 11.6. The minimum absolute atomic E-state index is 0.0186. The largest absolute Gasteiger partial charge is 0.481 e. The smallest absolute Gasteiger partial charge is 0.317 e. The summed E-state index contributed by atoms with van der Waals surface area (Å²) in [5.74, 6) is -0.431. The van der Waals surface area contributed by atoms with E-state index < -0.39 is 5.97 Å². The van der Waals surface area contributed by atoms with Crippen LogP contribution in [0.5, 0.6) is 0 Å². The summed E-state index contributed by atoms with van der Waals surface area (Å²) >= 11 is 0. The highest BCUT2D eigenvalue weighted by atomic mass is 16.4. The van der Waals surface area contributed by atoms with Gasteiger partial charge in [0.2, 0.25) is 0 Å². The Labute approximate surface area is 115 Å². The van der Waals surface area contributed by atoms with Crippen LogP contribution in [0.15, 0.2) is 0 Å². The van der Waals surface area contributed by atoms with Crippen molar-refractivity contribution in [2.24, 2.45) is 11.3 Å². The van der Waals surface area contributed by atoms with Crippen LogP contribution in [-0.4, -0.2) is 41.6 Å². The Morgan fingerprint density at radius 3 is 2.63 bits per heavy atom. The first-order valence-electron chi connectivity index (χ1n) is 7.02. The highest BCUT2D eigenvalue weighted by Gasteiger charge is 2.24. The number of carboxylic acid groups (broad SMARTS) is 1. The van der Waals surface area contributed by atoms with Crippen LogP contribution in [0.1, 0.15) is 46.5 Å². The number of nitrogens with zero attached hydrogens (tertiary/aromatic N) is 1. The summed E-state index contributed by atoms with van der Waals surface area (Å²) in [6.45, 7) is 8.36. The molecule has 0 aliphatic carbocycles. The molecular formula is C14H26N2O3. The van der Waals surface area contributed by atoms with Crippen molar-refractivity contribution in [3.05, 3.63) is 0 Å². The molecule has 1 saturated heterocycles. The molecule has 5 heteroatoms. The Morgan fingerprint density at radius 1 is 1.37 bits per heavy atom. The highest BCUT2D eigenvalue weighted by molar-refractivity contribution is 5.74. The molecule has 110 valence electrons. The second kappa shape index (κ2) is 6.78. The zero-order valence-electron chi connectivity index (χ0n) is 12.2. The first kappa shape index (κ1) is 15.8. The number of hydrogen-bond acceptors (Lipinski definition) is 2. The Balaban J connectivity index is 2.37. The molecule has 1 unspecified atom stereocenters. The quantitative estimate of drug-likeness (QED) is 0.823. The van der Waals surface area contributed by atoms with Crippen molar-refractivity contribution in [1.82, 2.24) is 10.2 Å². The minimum Gasteiger partial charge on any atom is -0.481 e. The first-order chi connectivity index (χ1) is 8.78. The van der Waals surface area contributed by atoms with E-state index in [0.29, 0.717) is 25.4 Å². The fraction of sp³-hybridized carbons (Fsp3) is 0.857. The molecular weight excluding hydrogens is 244 g/mol. The summed E-state index contributed by atoms with van der Waals surface area (Å²) in [7, 11) is 0. The van der Waals surface area contributed by atoms with Crippen molar-refractivity contribution >= 4 is 12.0 Å². The van der Waals surface area contributed by atoms with E-state index in [2.05, 4.69) is 26.1 Å². The van der Waals surface area contributed by atoms with E-state index in [1.165, 1.54) is 0 Å². The van der Waals surface area contributed by atoms with Crippen molar-refractivity contribution < 1.29 is 14.7 Å². The molecule has 0 aromatic carbocycles. The topological polar surface area (TPSA) is 69.6 Å². The third-order valence-corrected chi connectivity index (χ3v) is 3.34. The van der Waals surface area contributed by atoms with E-state index >= 15 is 0 Å². The van der Waals surface area contributed by atoms with Gasteiger partial charge in [-0.05, 0) is 30.6 Å².